The van der Waals surface area contributed by atoms with Crippen LogP contribution in [0.25, 0.3) is 0 Å². The number of halogens is 2. The molecule has 1 N–H and O–H groups in total. The van der Waals surface area contributed by atoms with E-state index >= 15 is 0 Å². The molecular formula is C15H20ClFO. The van der Waals surface area contributed by atoms with E-state index in [9.17, 15) is 9.50 Å². The summed E-state index contributed by atoms with van der Waals surface area (Å²) >= 11 is 6.04. The zero-order valence-corrected chi connectivity index (χ0v) is 11.7. The first kappa shape index (κ1) is 13.8. The van der Waals surface area contributed by atoms with Gasteiger partial charge in [0.2, 0.25) is 0 Å². The molecule has 0 aliphatic heterocycles. The van der Waals surface area contributed by atoms with Crippen molar-refractivity contribution in [2.45, 2.75) is 45.1 Å². The molecule has 1 aliphatic rings. The van der Waals surface area contributed by atoms with Crippen LogP contribution in [0.2, 0.25) is 5.02 Å². The van der Waals surface area contributed by atoms with Crippen molar-refractivity contribution in [3.8, 4) is 0 Å². The Morgan fingerprint density at radius 1 is 1.44 bits per heavy atom. The van der Waals surface area contributed by atoms with Gasteiger partial charge < -0.3 is 5.11 Å². The van der Waals surface area contributed by atoms with Crippen molar-refractivity contribution in [1.82, 2.24) is 0 Å². The van der Waals surface area contributed by atoms with Crippen molar-refractivity contribution in [2.24, 2.45) is 11.8 Å². The number of rotatable bonds is 2. The topological polar surface area (TPSA) is 20.2 Å². The van der Waals surface area contributed by atoms with Gasteiger partial charge in [0.05, 0.1) is 5.60 Å². The fraction of sp³-hybridized carbons (Fsp3) is 0.600. The lowest BCUT2D eigenvalue weighted by Gasteiger charge is -2.41. The molecule has 0 radical (unpaired) electrons. The van der Waals surface area contributed by atoms with E-state index < -0.39 is 5.60 Å². The van der Waals surface area contributed by atoms with Crippen LogP contribution < -0.4 is 0 Å². The van der Waals surface area contributed by atoms with Gasteiger partial charge in [0.25, 0.3) is 0 Å². The minimum Gasteiger partial charge on any atom is -0.389 e. The Balaban J connectivity index is 2.17. The van der Waals surface area contributed by atoms with Gasteiger partial charge in [0, 0.05) is 11.4 Å². The predicted molar refractivity (Wildman–Crippen MR) is 72.2 cm³/mol. The van der Waals surface area contributed by atoms with Crippen molar-refractivity contribution < 1.29 is 9.50 Å². The van der Waals surface area contributed by atoms with Crippen LogP contribution in [0.15, 0.2) is 18.2 Å². The summed E-state index contributed by atoms with van der Waals surface area (Å²) in [6.45, 7) is 4.31. The second-order valence-electron chi connectivity index (χ2n) is 5.80. The highest BCUT2D eigenvalue weighted by atomic mass is 35.5. The highest BCUT2D eigenvalue weighted by molar-refractivity contribution is 6.31. The second-order valence-corrected chi connectivity index (χ2v) is 6.20. The summed E-state index contributed by atoms with van der Waals surface area (Å²) in [5.74, 6) is 0.590. The molecule has 0 bridgehead atoms. The number of hydrogen-bond acceptors (Lipinski definition) is 1. The van der Waals surface area contributed by atoms with Crippen molar-refractivity contribution in [3.05, 3.63) is 34.6 Å². The Morgan fingerprint density at radius 2 is 2.17 bits per heavy atom. The Bertz CT molecular complexity index is 435. The Hall–Kier alpha value is -0.600. The Morgan fingerprint density at radius 3 is 2.78 bits per heavy atom. The van der Waals surface area contributed by atoms with Crippen molar-refractivity contribution >= 4 is 11.6 Å². The van der Waals surface area contributed by atoms with E-state index in [-0.39, 0.29) is 11.7 Å². The van der Waals surface area contributed by atoms with Crippen molar-refractivity contribution in [2.75, 3.05) is 0 Å². The van der Waals surface area contributed by atoms with Crippen LogP contribution >= 0.6 is 11.6 Å². The standard InChI is InChI=1S/C15H20ClFO/c1-10-5-6-15(18,11(2)7-10)9-12-3-4-13(17)8-14(12)16/h3-4,8,10-11,18H,5-7,9H2,1-2H3. The third kappa shape index (κ3) is 2.86. The Labute approximate surface area is 113 Å². The molecule has 0 heterocycles. The molecule has 1 aromatic rings. The molecule has 100 valence electrons. The summed E-state index contributed by atoms with van der Waals surface area (Å²) in [6, 6.07) is 4.40. The maximum absolute atomic E-state index is 13.0. The average Bonchev–Trinajstić information content (AvgIpc) is 2.29. The van der Waals surface area contributed by atoms with Gasteiger partial charge in [0.1, 0.15) is 5.82 Å². The molecule has 0 amide bonds. The summed E-state index contributed by atoms with van der Waals surface area (Å²) in [6.07, 6.45) is 3.39. The molecule has 0 saturated heterocycles. The van der Waals surface area contributed by atoms with Crippen LogP contribution in [0.5, 0.6) is 0 Å². The van der Waals surface area contributed by atoms with Gasteiger partial charge in [-0.05, 0) is 48.8 Å². The van der Waals surface area contributed by atoms with Crippen LogP contribution in [-0.2, 0) is 6.42 Å². The van der Waals surface area contributed by atoms with Gasteiger partial charge in [-0.3, -0.25) is 0 Å². The fourth-order valence-corrected chi connectivity index (χ4v) is 3.18. The lowest BCUT2D eigenvalue weighted by Crippen LogP contribution is -2.43. The van der Waals surface area contributed by atoms with Crippen LogP contribution in [0.3, 0.4) is 0 Å². The first-order valence-corrected chi connectivity index (χ1v) is 6.95. The summed E-state index contributed by atoms with van der Waals surface area (Å²) in [7, 11) is 0. The molecule has 1 aromatic carbocycles. The molecule has 3 atom stereocenters. The Kier molecular flexibility index (Phi) is 3.98. The molecular weight excluding hydrogens is 251 g/mol. The molecule has 2 rings (SSSR count). The molecule has 1 fully saturated rings. The third-order valence-corrected chi connectivity index (χ3v) is 4.61. The molecule has 0 spiro atoms. The first-order valence-electron chi connectivity index (χ1n) is 6.57. The minimum absolute atomic E-state index is 0.252. The van der Waals surface area contributed by atoms with Gasteiger partial charge in [-0.1, -0.05) is 31.5 Å². The quantitative estimate of drug-likeness (QED) is 0.854. The zero-order valence-electron chi connectivity index (χ0n) is 10.9. The number of benzene rings is 1. The van der Waals surface area contributed by atoms with Crippen LogP contribution in [0, 0.1) is 17.7 Å². The maximum atomic E-state index is 13.0. The molecule has 1 nitrogen and oxygen atoms in total. The molecule has 18 heavy (non-hydrogen) atoms. The van der Waals surface area contributed by atoms with E-state index in [1.54, 1.807) is 6.07 Å². The molecule has 1 saturated carbocycles. The average molecular weight is 271 g/mol. The summed E-state index contributed by atoms with van der Waals surface area (Å²) in [4.78, 5) is 0. The number of hydrogen-bond donors (Lipinski definition) is 1. The smallest absolute Gasteiger partial charge is 0.124 e. The largest absolute Gasteiger partial charge is 0.389 e. The zero-order chi connectivity index (χ0) is 13.3. The lowest BCUT2D eigenvalue weighted by atomic mass is 9.70. The molecule has 3 unspecified atom stereocenters. The van der Waals surface area contributed by atoms with Crippen LogP contribution in [-0.4, -0.2) is 10.7 Å². The molecule has 0 aromatic heterocycles. The predicted octanol–water partition coefficient (Wildman–Crippen LogP) is 4.21. The van der Waals surface area contributed by atoms with Crippen LogP contribution in [0.1, 0.15) is 38.7 Å². The van der Waals surface area contributed by atoms with E-state index in [4.69, 9.17) is 11.6 Å². The van der Waals surface area contributed by atoms with Crippen molar-refractivity contribution in [3.63, 3.8) is 0 Å². The highest BCUT2D eigenvalue weighted by Gasteiger charge is 2.38. The highest BCUT2D eigenvalue weighted by Crippen LogP contribution is 2.39. The van der Waals surface area contributed by atoms with Crippen LogP contribution in [0.4, 0.5) is 4.39 Å². The maximum Gasteiger partial charge on any atom is 0.124 e. The van der Waals surface area contributed by atoms with Gasteiger partial charge in [-0.25, -0.2) is 4.39 Å². The van der Waals surface area contributed by atoms with E-state index in [0.717, 1.165) is 24.8 Å². The van der Waals surface area contributed by atoms with Crippen molar-refractivity contribution in [1.29, 1.82) is 0 Å². The van der Waals surface area contributed by atoms with E-state index in [0.29, 0.717) is 17.4 Å². The molecule has 3 heteroatoms. The molecule has 1 aliphatic carbocycles. The fourth-order valence-electron chi connectivity index (χ4n) is 2.94. The summed E-state index contributed by atoms with van der Waals surface area (Å²) in [5.41, 5.74) is 0.135. The minimum atomic E-state index is -0.700. The summed E-state index contributed by atoms with van der Waals surface area (Å²) < 4.78 is 13.0. The van der Waals surface area contributed by atoms with Gasteiger partial charge in [0.15, 0.2) is 0 Å². The van der Waals surface area contributed by atoms with E-state index in [2.05, 4.69) is 13.8 Å². The first-order chi connectivity index (χ1) is 8.40. The van der Waals surface area contributed by atoms with Gasteiger partial charge >= 0.3 is 0 Å². The lowest BCUT2D eigenvalue weighted by molar-refractivity contribution is -0.0522. The normalized spacial score (nSPS) is 32.5. The number of aliphatic hydroxyl groups is 1. The van der Waals surface area contributed by atoms with E-state index in [1.807, 2.05) is 0 Å². The monoisotopic (exact) mass is 270 g/mol. The second kappa shape index (κ2) is 5.18. The van der Waals surface area contributed by atoms with Gasteiger partial charge in [-0.15, -0.1) is 0 Å². The SMILES string of the molecule is CC1CCC(O)(Cc2ccc(F)cc2Cl)C(C)C1. The summed E-state index contributed by atoms with van der Waals surface area (Å²) in [5, 5.41) is 11.2. The van der Waals surface area contributed by atoms with E-state index in [1.165, 1.54) is 12.1 Å². The third-order valence-electron chi connectivity index (χ3n) is 4.25. The van der Waals surface area contributed by atoms with Gasteiger partial charge in [-0.2, -0.15) is 0 Å².